The molecule has 1 aliphatic carbocycles. The van der Waals surface area contributed by atoms with Crippen molar-refractivity contribution < 1.29 is 14.3 Å². The number of amides is 1. The van der Waals surface area contributed by atoms with E-state index >= 15 is 0 Å². The zero-order chi connectivity index (χ0) is 23.2. The molecule has 2 aromatic rings. The lowest BCUT2D eigenvalue weighted by Gasteiger charge is -2.34. The maximum atomic E-state index is 14.0. The molecule has 2 atom stereocenters. The smallest absolute Gasteiger partial charge is 0.230 e. The largest absolute Gasteiger partial charge is 0.376 e. The lowest BCUT2D eigenvalue weighted by molar-refractivity contribution is -0.124. The first kappa shape index (κ1) is 21.9. The number of ether oxygens (including phenoxy) is 2. The SMILES string of the molecule is CC(C)O[C@H]1CC[C@H](C(=O)N2Cc3cccnc3Nc3ccc(N4C[C@H]5C[C@@H]4CO5)cc32)CC1. The Balaban J connectivity index is 1.30. The van der Waals surface area contributed by atoms with Crippen LogP contribution in [0.4, 0.5) is 22.9 Å². The van der Waals surface area contributed by atoms with Gasteiger partial charge in [-0.15, -0.1) is 0 Å². The third-order valence-corrected chi connectivity index (χ3v) is 7.73. The molecule has 2 bridgehead atoms. The average Bonchev–Trinajstić information content (AvgIpc) is 3.43. The molecule has 180 valence electrons. The van der Waals surface area contributed by atoms with Crippen molar-refractivity contribution in [2.75, 3.05) is 28.3 Å². The van der Waals surface area contributed by atoms with Crippen molar-refractivity contribution in [3.05, 3.63) is 42.1 Å². The number of anilines is 4. The summed E-state index contributed by atoms with van der Waals surface area (Å²) in [4.78, 5) is 23.0. The zero-order valence-corrected chi connectivity index (χ0v) is 20.1. The second-order valence-corrected chi connectivity index (χ2v) is 10.4. The predicted octanol–water partition coefficient (Wildman–Crippen LogP) is 4.63. The van der Waals surface area contributed by atoms with Crippen LogP contribution in [0.1, 0.15) is 51.5 Å². The number of hydrogen-bond acceptors (Lipinski definition) is 6. The molecule has 3 fully saturated rings. The highest BCUT2D eigenvalue weighted by molar-refractivity contribution is 6.00. The topological polar surface area (TPSA) is 66.9 Å². The van der Waals surface area contributed by atoms with Gasteiger partial charge < -0.3 is 24.6 Å². The van der Waals surface area contributed by atoms with E-state index in [9.17, 15) is 4.79 Å². The Hall–Kier alpha value is -2.64. The van der Waals surface area contributed by atoms with Crippen LogP contribution in [0.2, 0.25) is 0 Å². The quantitative estimate of drug-likeness (QED) is 0.715. The standard InChI is InChI=1S/C27H34N4O3/c1-17(2)34-22-8-5-18(6-9-22)27(32)31-14-19-4-3-11-28-26(19)29-24-10-7-20(13-25(24)31)30-15-23-12-21(30)16-33-23/h3-4,7,10-11,13,17-18,21-23H,5-6,8-9,12,14-16H2,1-2H3,(H,28,29)/t18-,21-,22-,23-/m1/s1. The van der Waals surface area contributed by atoms with E-state index in [4.69, 9.17) is 9.47 Å². The highest BCUT2D eigenvalue weighted by Gasteiger charge is 2.40. The Bertz CT molecular complexity index is 1070. The minimum Gasteiger partial charge on any atom is -0.376 e. The van der Waals surface area contributed by atoms with Crippen molar-refractivity contribution in [2.24, 2.45) is 5.92 Å². The normalized spacial score (nSPS) is 27.9. The van der Waals surface area contributed by atoms with E-state index in [-0.39, 0.29) is 24.0 Å². The van der Waals surface area contributed by atoms with Crippen molar-refractivity contribution in [2.45, 2.75) is 76.9 Å². The molecule has 1 N–H and O–H groups in total. The summed E-state index contributed by atoms with van der Waals surface area (Å²) in [7, 11) is 0. The van der Waals surface area contributed by atoms with E-state index in [1.807, 2.05) is 11.0 Å². The van der Waals surface area contributed by atoms with Crippen LogP contribution in [-0.4, -0.2) is 48.4 Å². The Labute approximate surface area is 201 Å². The van der Waals surface area contributed by atoms with E-state index in [1.54, 1.807) is 6.20 Å². The van der Waals surface area contributed by atoms with Gasteiger partial charge in [0.25, 0.3) is 0 Å². The molecule has 4 heterocycles. The van der Waals surface area contributed by atoms with Crippen LogP contribution in [0.15, 0.2) is 36.5 Å². The Morgan fingerprint density at radius 3 is 2.79 bits per heavy atom. The highest BCUT2D eigenvalue weighted by Crippen LogP contribution is 2.42. The number of pyridine rings is 1. The number of aromatic nitrogens is 1. The molecule has 1 aromatic carbocycles. The maximum absolute atomic E-state index is 14.0. The lowest BCUT2D eigenvalue weighted by atomic mass is 9.86. The Morgan fingerprint density at radius 2 is 2.06 bits per heavy atom. The Kier molecular flexibility index (Phi) is 5.70. The molecule has 1 amide bonds. The van der Waals surface area contributed by atoms with Crippen LogP contribution in [0.25, 0.3) is 0 Å². The van der Waals surface area contributed by atoms with Gasteiger partial charge in [-0.25, -0.2) is 4.98 Å². The van der Waals surface area contributed by atoms with Crippen molar-refractivity contribution in [3.63, 3.8) is 0 Å². The molecule has 3 aliphatic heterocycles. The molecule has 34 heavy (non-hydrogen) atoms. The summed E-state index contributed by atoms with van der Waals surface area (Å²) < 4.78 is 11.8. The summed E-state index contributed by atoms with van der Waals surface area (Å²) in [5.74, 6) is 1.07. The van der Waals surface area contributed by atoms with Crippen LogP contribution in [0, 0.1) is 5.92 Å². The van der Waals surface area contributed by atoms with Crippen LogP contribution >= 0.6 is 0 Å². The van der Waals surface area contributed by atoms with Crippen molar-refractivity contribution in [1.29, 1.82) is 0 Å². The monoisotopic (exact) mass is 462 g/mol. The van der Waals surface area contributed by atoms with Crippen molar-refractivity contribution >= 4 is 28.8 Å². The van der Waals surface area contributed by atoms with E-state index < -0.39 is 0 Å². The molecule has 2 saturated heterocycles. The fraction of sp³-hybridized carbons (Fsp3) is 0.556. The van der Waals surface area contributed by atoms with Gasteiger partial charge in [0.05, 0.1) is 48.9 Å². The van der Waals surface area contributed by atoms with E-state index in [0.29, 0.717) is 18.7 Å². The minimum atomic E-state index is 0.0259. The van der Waals surface area contributed by atoms with Crippen LogP contribution in [-0.2, 0) is 20.8 Å². The second kappa shape index (κ2) is 8.86. The summed E-state index contributed by atoms with van der Waals surface area (Å²) in [5.41, 5.74) is 4.10. The first-order valence-corrected chi connectivity index (χ1v) is 12.7. The van der Waals surface area contributed by atoms with E-state index in [0.717, 1.165) is 68.0 Å². The molecule has 7 nitrogen and oxygen atoms in total. The summed E-state index contributed by atoms with van der Waals surface area (Å²) in [6.07, 6.45) is 7.37. The predicted molar refractivity (Wildman–Crippen MR) is 133 cm³/mol. The van der Waals surface area contributed by atoms with Gasteiger partial charge in [0.15, 0.2) is 0 Å². The molecule has 1 aromatic heterocycles. The van der Waals surface area contributed by atoms with Gasteiger partial charge >= 0.3 is 0 Å². The van der Waals surface area contributed by atoms with Crippen LogP contribution in [0.5, 0.6) is 0 Å². The van der Waals surface area contributed by atoms with E-state index in [2.05, 4.69) is 53.3 Å². The zero-order valence-electron chi connectivity index (χ0n) is 20.1. The summed E-state index contributed by atoms with van der Waals surface area (Å²) >= 11 is 0. The fourth-order valence-corrected chi connectivity index (χ4v) is 6.05. The van der Waals surface area contributed by atoms with Gasteiger partial charge in [-0.3, -0.25) is 4.79 Å². The number of nitrogens with zero attached hydrogens (tertiary/aromatic N) is 3. The third-order valence-electron chi connectivity index (χ3n) is 7.73. The molecule has 0 unspecified atom stereocenters. The van der Waals surface area contributed by atoms with E-state index in [1.165, 1.54) is 5.69 Å². The molecule has 0 spiro atoms. The molecule has 0 radical (unpaired) electrons. The second-order valence-electron chi connectivity index (χ2n) is 10.4. The molecule has 1 saturated carbocycles. The van der Waals surface area contributed by atoms with Crippen LogP contribution in [0.3, 0.4) is 0 Å². The van der Waals surface area contributed by atoms with Gasteiger partial charge in [0.2, 0.25) is 5.91 Å². The number of fused-ring (bicyclic) bond motifs is 4. The molecule has 4 aliphatic rings. The first-order valence-electron chi connectivity index (χ1n) is 12.7. The Morgan fingerprint density at radius 1 is 1.21 bits per heavy atom. The number of hydrogen-bond donors (Lipinski definition) is 1. The third kappa shape index (κ3) is 4.05. The molecule has 7 heteroatoms. The number of carbonyl (C=O) groups is 1. The van der Waals surface area contributed by atoms with Gasteiger partial charge in [0, 0.05) is 29.9 Å². The fourth-order valence-electron chi connectivity index (χ4n) is 6.05. The summed E-state index contributed by atoms with van der Waals surface area (Å²) in [6, 6.07) is 10.9. The first-order chi connectivity index (χ1) is 16.5. The maximum Gasteiger partial charge on any atom is 0.230 e. The van der Waals surface area contributed by atoms with Gasteiger partial charge in [0.1, 0.15) is 5.82 Å². The van der Waals surface area contributed by atoms with Gasteiger partial charge in [-0.05, 0) is 70.2 Å². The summed E-state index contributed by atoms with van der Waals surface area (Å²) in [6.45, 7) is 6.41. The number of benzene rings is 1. The molecular weight excluding hydrogens is 428 g/mol. The summed E-state index contributed by atoms with van der Waals surface area (Å²) in [5, 5.41) is 3.50. The van der Waals surface area contributed by atoms with Gasteiger partial charge in [-0.1, -0.05) is 6.07 Å². The number of nitrogens with one attached hydrogen (secondary N) is 1. The average molecular weight is 463 g/mol. The lowest BCUT2D eigenvalue weighted by Crippen LogP contribution is -2.39. The van der Waals surface area contributed by atoms with Gasteiger partial charge in [-0.2, -0.15) is 0 Å². The molecular formula is C27H34N4O3. The van der Waals surface area contributed by atoms with Crippen molar-refractivity contribution in [3.8, 4) is 0 Å². The van der Waals surface area contributed by atoms with Crippen molar-refractivity contribution in [1.82, 2.24) is 4.98 Å². The number of rotatable bonds is 4. The highest BCUT2D eigenvalue weighted by atomic mass is 16.5. The molecule has 6 rings (SSSR count). The number of morpholine rings is 1. The van der Waals surface area contributed by atoms with Crippen LogP contribution < -0.4 is 15.1 Å². The minimum absolute atomic E-state index is 0.0259. The number of carbonyl (C=O) groups excluding carboxylic acids is 1.